The number of benzene rings is 2. The molecule has 0 saturated heterocycles. The minimum atomic E-state index is -0.510. The Hall–Kier alpha value is -1.97. The highest BCUT2D eigenvalue weighted by atomic mass is 35.5. The minimum absolute atomic E-state index is 0.510. The lowest BCUT2D eigenvalue weighted by Gasteiger charge is -2.36. The van der Waals surface area contributed by atoms with Gasteiger partial charge in [-0.1, -0.05) is 35.9 Å². The van der Waals surface area contributed by atoms with Crippen molar-refractivity contribution in [2.45, 2.75) is 24.8 Å². The number of nitrogens with two attached hydrogens (primary N) is 1. The fraction of sp³-hybridized carbons (Fsp3) is 0.222. The summed E-state index contributed by atoms with van der Waals surface area (Å²) >= 11 is 6.41. The van der Waals surface area contributed by atoms with Gasteiger partial charge in [-0.3, -0.25) is 9.97 Å². The van der Waals surface area contributed by atoms with E-state index < -0.39 is 5.54 Å². The SMILES string of the molecule is N[C@@]1(c2cc(Cl)c3nccnc3c2)CCCc2ccccc21. The van der Waals surface area contributed by atoms with E-state index in [0.29, 0.717) is 5.02 Å². The second-order valence-corrected chi connectivity index (χ2v) is 6.27. The molecule has 1 heterocycles. The summed E-state index contributed by atoms with van der Waals surface area (Å²) in [5.74, 6) is 0. The molecule has 0 aliphatic heterocycles. The van der Waals surface area contributed by atoms with E-state index in [0.717, 1.165) is 35.9 Å². The van der Waals surface area contributed by atoms with Crippen molar-refractivity contribution in [2.24, 2.45) is 5.73 Å². The number of rotatable bonds is 1. The maximum atomic E-state index is 6.85. The molecule has 0 spiro atoms. The van der Waals surface area contributed by atoms with Gasteiger partial charge in [0.1, 0.15) is 5.52 Å². The molecule has 0 unspecified atom stereocenters. The molecule has 2 aromatic carbocycles. The smallest absolute Gasteiger partial charge is 0.107 e. The van der Waals surface area contributed by atoms with E-state index in [4.69, 9.17) is 17.3 Å². The van der Waals surface area contributed by atoms with Gasteiger partial charge in [0.15, 0.2) is 0 Å². The number of aromatic nitrogens is 2. The third-order valence-corrected chi connectivity index (χ3v) is 4.85. The summed E-state index contributed by atoms with van der Waals surface area (Å²) in [6.07, 6.45) is 6.40. The maximum absolute atomic E-state index is 6.85. The highest BCUT2D eigenvalue weighted by Crippen LogP contribution is 2.40. The summed E-state index contributed by atoms with van der Waals surface area (Å²) in [6.45, 7) is 0. The van der Waals surface area contributed by atoms with Crippen molar-refractivity contribution in [2.75, 3.05) is 0 Å². The van der Waals surface area contributed by atoms with Crippen LogP contribution in [0.3, 0.4) is 0 Å². The Morgan fingerprint density at radius 2 is 1.91 bits per heavy atom. The lowest BCUT2D eigenvalue weighted by atomic mass is 9.73. The zero-order valence-corrected chi connectivity index (χ0v) is 12.8. The van der Waals surface area contributed by atoms with E-state index >= 15 is 0 Å². The number of nitrogens with zero attached hydrogens (tertiary/aromatic N) is 2. The molecule has 1 aliphatic carbocycles. The Morgan fingerprint density at radius 1 is 1.09 bits per heavy atom. The zero-order valence-electron chi connectivity index (χ0n) is 12.1. The Morgan fingerprint density at radius 3 is 2.82 bits per heavy atom. The van der Waals surface area contributed by atoms with E-state index in [2.05, 4.69) is 28.2 Å². The quantitative estimate of drug-likeness (QED) is 0.743. The summed E-state index contributed by atoms with van der Waals surface area (Å²) in [5.41, 5.74) is 11.4. The lowest BCUT2D eigenvalue weighted by molar-refractivity contribution is 0.443. The van der Waals surface area contributed by atoms with Gasteiger partial charge in [-0.25, -0.2) is 0 Å². The molecule has 3 aromatic rings. The normalized spacial score (nSPS) is 20.8. The second kappa shape index (κ2) is 5.04. The van der Waals surface area contributed by atoms with Crippen molar-refractivity contribution < 1.29 is 0 Å². The highest BCUT2D eigenvalue weighted by Gasteiger charge is 2.34. The van der Waals surface area contributed by atoms with Gasteiger partial charge in [-0.2, -0.15) is 0 Å². The largest absolute Gasteiger partial charge is 0.318 e. The molecule has 0 saturated carbocycles. The van der Waals surface area contributed by atoms with Crippen LogP contribution in [0.5, 0.6) is 0 Å². The first-order valence-electron chi connectivity index (χ1n) is 7.46. The van der Waals surface area contributed by atoms with Gasteiger partial charge < -0.3 is 5.73 Å². The van der Waals surface area contributed by atoms with Crippen molar-refractivity contribution in [1.29, 1.82) is 0 Å². The van der Waals surface area contributed by atoms with Crippen LogP contribution < -0.4 is 5.73 Å². The van der Waals surface area contributed by atoms with Gasteiger partial charge in [0.2, 0.25) is 0 Å². The molecular weight excluding hydrogens is 294 g/mol. The van der Waals surface area contributed by atoms with Gasteiger partial charge in [-0.05, 0) is 48.1 Å². The standard InChI is InChI=1S/C18H16ClN3/c19-15-10-13(11-16-17(15)22-9-8-21-16)18(20)7-3-5-12-4-1-2-6-14(12)18/h1-2,4,6,8-11H,3,5,7,20H2/t18-/m1/s1. The van der Waals surface area contributed by atoms with Crippen LogP contribution in [0.2, 0.25) is 5.02 Å². The molecule has 0 fully saturated rings. The molecule has 0 bridgehead atoms. The van der Waals surface area contributed by atoms with E-state index in [1.165, 1.54) is 11.1 Å². The van der Waals surface area contributed by atoms with Crippen molar-refractivity contribution in [1.82, 2.24) is 9.97 Å². The second-order valence-electron chi connectivity index (χ2n) is 5.86. The Bertz CT molecular complexity index is 862. The van der Waals surface area contributed by atoms with Crippen LogP contribution in [0.4, 0.5) is 0 Å². The van der Waals surface area contributed by atoms with Crippen molar-refractivity contribution >= 4 is 22.6 Å². The number of hydrogen-bond donors (Lipinski definition) is 1. The summed E-state index contributed by atoms with van der Waals surface area (Å²) < 4.78 is 0. The predicted octanol–water partition coefficient (Wildman–Crippen LogP) is 3.82. The van der Waals surface area contributed by atoms with Gasteiger partial charge in [-0.15, -0.1) is 0 Å². The molecule has 1 aromatic heterocycles. The predicted molar refractivity (Wildman–Crippen MR) is 88.9 cm³/mol. The summed E-state index contributed by atoms with van der Waals surface area (Å²) in [7, 11) is 0. The Kier molecular flexibility index (Phi) is 3.13. The van der Waals surface area contributed by atoms with Crippen LogP contribution in [0.25, 0.3) is 11.0 Å². The zero-order chi connectivity index (χ0) is 15.2. The minimum Gasteiger partial charge on any atom is -0.318 e. The average molecular weight is 310 g/mol. The summed E-state index contributed by atoms with van der Waals surface area (Å²) in [5, 5.41) is 0.605. The highest BCUT2D eigenvalue weighted by molar-refractivity contribution is 6.35. The third-order valence-electron chi connectivity index (χ3n) is 4.56. The van der Waals surface area contributed by atoms with Gasteiger partial charge in [0, 0.05) is 12.4 Å². The van der Waals surface area contributed by atoms with Gasteiger partial charge in [0.25, 0.3) is 0 Å². The first kappa shape index (κ1) is 13.7. The first-order valence-corrected chi connectivity index (χ1v) is 7.84. The molecule has 22 heavy (non-hydrogen) atoms. The van der Waals surface area contributed by atoms with E-state index in [9.17, 15) is 0 Å². The Labute approximate surface area is 134 Å². The number of aryl methyl sites for hydroxylation is 1. The molecule has 4 heteroatoms. The first-order chi connectivity index (χ1) is 10.7. The molecule has 2 N–H and O–H groups in total. The lowest BCUT2D eigenvalue weighted by Crippen LogP contribution is -2.41. The van der Waals surface area contributed by atoms with Gasteiger partial charge in [0.05, 0.1) is 16.1 Å². The summed E-state index contributed by atoms with van der Waals surface area (Å²) in [4.78, 5) is 8.68. The summed E-state index contributed by atoms with van der Waals surface area (Å²) in [6, 6.07) is 12.4. The van der Waals surface area contributed by atoms with Crippen LogP contribution >= 0.6 is 11.6 Å². The fourth-order valence-electron chi connectivity index (χ4n) is 3.46. The van der Waals surface area contributed by atoms with Crippen LogP contribution in [0.1, 0.15) is 29.5 Å². The number of halogens is 1. The van der Waals surface area contributed by atoms with Crippen molar-refractivity contribution in [3.8, 4) is 0 Å². The van der Waals surface area contributed by atoms with Crippen LogP contribution in [-0.2, 0) is 12.0 Å². The number of hydrogen-bond acceptors (Lipinski definition) is 3. The monoisotopic (exact) mass is 309 g/mol. The maximum Gasteiger partial charge on any atom is 0.107 e. The van der Waals surface area contributed by atoms with Crippen LogP contribution in [0, 0.1) is 0 Å². The molecule has 1 aliphatic rings. The molecule has 110 valence electrons. The molecule has 0 radical (unpaired) electrons. The molecule has 1 atom stereocenters. The van der Waals surface area contributed by atoms with Crippen LogP contribution in [-0.4, -0.2) is 9.97 Å². The molecular formula is C18H16ClN3. The molecule has 0 amide bonds. The van der Waals surface area contributed by atoms with E-state index in [1.807, 2.05) is 18.2 Å². The fourth-order valence-corrected chi connectivity index (χ4v) is 3.72. The van der Waals surface area contributed by atoms with Crippen molar-refractivity contribution in [3.05, 3.63) is 70.5 Å². The van der Waals surface area contributed by atoms with E-state index in [-0.39, 0.29) is 0 Å². The molecule has 4 rings (SSSR count). The van der Waals surface area contributed by atoms with Crippen LogP contribution in [0.15, 0.2) is 48.8 Å². The van der Waals surface area contributed by atoms with Crippen molar-refractivity contribution in [3.63, 3.8) is 0 Å². The molecule has 3 nitrogen and oxygen atoms in total. The Balaban J connectivity index is 1.95. The van der Waals surface area contributed by atoms with E-state index in [1.54, 1.807) is 12.4 Å². The average Bonchev–Trinajstić information content (AvgIpc) is 2.55. The topological polar surface area (TPSA) is 51.8 Å². The third kappa shape index (κ3) is 2.01. The number of fused-ring (bicyclic) bond motifs is 2. The van der Waals surface area contributed by atoms with Gasteiger partial charge >= 0.3 is 0 Å².